The molecule has 0 aromatic heterocycles. The van der Waals surface area contributed by atoms with Gasteiger partial charge in [-0.2, -0.15) is 0 Å². The van der Waals surface area contributed by atoms with E-state index in [0.29, 0.717) is 12.8 Å². The molecule has 3 N–H and O–H groups in total. The highest BCUT2D eigenvalue weighted by atomic mass is 16.4. The Kier molecular flexibility index (Phi) is 4.09. The van der Waals surface area contributed by atoms with Crippen LogP contribution in [0.4, 0.5) is 4.79 Å². The Hall–Kier alpha value is -1.56. The lowest BCUT2D eigenvalue weighted by Gasteiger charge is -2.37. The largest absolute Gasteiger partial charge is 0.480 e. The first-order valence-electron chi connectivity index (χ1n) is 6.63. The molecule has 2 bridgehead atoms. The van der Waals surface area contributed by atoms with Crippen molar-refractivity contribution in [2.45, 2.75) is 56.3 Å². The number of hydrogen-bond donors (Lipinski definition) is 3. The van der Waals surface area contributed by atoms with Crippen LogP contribution in [0.25, 0.3) is 0 Å². The Morgan fingerprint density at radius 3 is 2.42 bits per heavy atom. The third kappa shape index (κ3) is 2.89. The van der Waals surface area contributed by atoms with Crippen LogP contribution in [-0.4, -0.2) is 51.3 Å². The van der Waals surface area contributed by atoms with Gasteiger partial charge in [0.25, 0.3) is 0 Å². The Bertz CT molecular complexity index is 371. The predicted molar refractivity (Wildman–Crippen MR) is 68.7 cm³/mol. The van der Waals surface area contributed by atoms with Crippen molar-refractivity contribution in [3.05, 3.63) is 12.7 Å². The van der Waals surface area contributed by atoms with E-state index in [1.807, 2.05) is 0 Å². The van der Waals surface area contributed by atoms with Crippen LogP contribution in [0, 0.1) is 0 Å². The molecule has 2 amide bonds. The topological polar surface area (TPSA) is 89.9 Å². The molecule has 3 atom stereocenters. The number of amides is 2. The van der Waals surface area contributed by atoms with Gasteiger partial charge in [-0.3, -0.25) is 0 Å². The Labute approximate surface area is 112 Å². The highest BCUT2D eigenvalue weighted by molar-refractivity contribution is 5.83. The van der Waals surface area contributed by atoms with E-state index < -0.39 is 12.0 Å². The van der Waals surface area contributed by atoms with Crippen LogP contribution in [0.1, 0.15) is 32.1 Å². The van der Waals surface area contributed by atoms with Crippen LogP contribution in [0.2, 0.25) is 0 Å². The second-order valence-corrected chi connectivity index (χ2v) is 5.28. The molecule has 2 rings (SSSR count). The molecule has 0 aliphatic carbocycles. The number of nitrogens with zero attached hydrogens (tertiary/aromatic N) is 1. The Morgan fingerprint density at radius 2 is 1.95 bits per heavy atom. The molecule has 2 saturated heterocycles. The lowest BCUT2D eigenvalue weighted by atomic mass is 10.0. The summed E-state index contributed by atoms with van der Waals surface area (Å²) in [6.07, 6.45) is 4.28. The van der Waals surface area contributed by atoms with E-state index in [9.17, 15) is 14.7 Å². The van der Waals surface area contributed by atoms with Crippen LogP contribution in [0.15, 0.2) is 12.7 Å². The SMILES string of the molecule is C=CCC(NC(=O)N1C2CCC1CC(O)C2)C(=O)O. The summed E-state index contributed by atoms with van der Waals surface area (Å²) in [6, 6.07) is -1.20. The molecule has 2 fully saturated rings. The van der Waals surface area contributed by atoms with Crippen LogP contribution in [-0.2, 0) is 4.79 Å². The molecule has 0 saturated carbocycles. The number of aliphatic carboxylic acids is 1. The molecule has 2 aliphatic rings. The van der Waals surface area contributed by atoms with Crippen molar-refractivity contribution in [2.75, 3.05) is 0 Å². The highest BCUT2D eigenvalue weighted by Gasteiger charge is 2.43. The number of hydrogen-bond acceptors (Lipinski definition) is 3. The van der Waals surface area contributed by atoms with E-state index in [2.05, 4.69) is 11.9 Å². The molecule has 0 spiro atoms. The zero-order valence-corrected chi connectivity index (χ0v) is 10.8. The molecule has 19 heavy (non-hydrogen) atoms. The van der Waals surface area contributed by atoms with E-state index in [4.69, 9.17) is 5.11 Å². The van der Waals surface area contributed by atoms with E-state index >= 15 is 0 Å². The second kappa shape index (κ2) is 5.61. The lowest BCUT2D eigenvalue weighted by Crippen LogP contribution is -2.55. The number of carboxylic acids is 1. The van der Waals surface area contributed by atoms with Crippen molar-refractivity contribution in [1.82, 2.24) is 10.2 Å². The van der Waals surface area contributed by atoms with Gasteiger partial charge in [0.2, 0.25) is 0 Å². The molecule has 2 aliphatic heterocycles. The average molecular weight is 268 g/mol. The van der Waals surface area contributed by atoms with Crippen molar-refractivity contribution in [1.29, 1.82) is 0 Å². The van der Waals surface area contributed by atoms with E-state index in [1.54, 1.807) is 4.90 Å². The first-order chi connectivity index (χ1) is 9.02. The monoisotopic (exact) mass is 268 g/mol. The zero-order chi connectivity index (χ0) is 14.0. The third-order valence-corrected chi connectivity index (χ3v) is 3.94. The van der Waals surface area contributed by atoms with Crippen molar-refractivity contribution in [3.8, 4) is 0 Å². The zero-order valence-electron chi connectivity index (χ0n) is 10.8. The summed E-state index contributed by atoms with van der Waals surface area (Å²) >= 11 is 0. The van der Waals surface area contributed by atoms with Gasteiger partial charge in [-0.05, 0) is 32.1 Å². The van der Waals surface area contributed by atoms with Crippen molar-refractivity contribution in [2.24, 2.45) is 0 Å². The summed E-state index contributed by atoms with van der Waals surface area (Å²) in [5.41, 5.74) is 0. The molecule has 2 heterocycles. The average Bonchev–Trinajstić information content (AvgIpc) is 2.61. The fourth-order valence-electron chi connectivity index (χ4n) is 3.09. The van der Waals surface area contributed by atoms with Crippen molar-refractivity contribution in [3.63, 3.8) is 0 Å². The molecule has 6 heteroatoms. The number of carbonyl (C=O) groups excluding carboxylic acids is 1. The number of rotatable bonds is 4. The number of carboxylic acid groups (broad SMARTS) is 1. The smallest absolute Gasteiger partial charge is 0.326 e. The number of aliphatic hydroxyl groups is 1. The van der Waals surface area contributed by atoms with E-state index in [1.165, 1.54) is 6.08 Å². The fourth-order valence-corrected chi connectivity index (χ4v) is 3.09. The van der Waals surface area contributed by atoms with Crippen LogP contribution < -0.4 is 5.32 Å². The summed E-state index contributed by atoms with van der Waals surface area (Å²) in [6.45, 7) is 3.49. The normalized spacial score (nSPS) is 30.8. The molecule has 0 aromatic rings. The summed E-state index contributed by atoms with van der Waals surface area (Å²) in [4.78, 5) is 24.9. The van der Waals surface area contributed by atoms with Crippen LogP contribution in [0.5, 0.6) is 0 Å². The fraction of sp³-hybridized carbons (Fsp3) is 0.692. The number of carbonyl (C=O) groups is 2. The van der Waals surface area contributed by atoms with E-state index in [0.717, 1.165) is 12.8 Å². The maximum Gasteiger partial charge on any atom is 0.326 e. The standard InChI is InChI=1S/C13H20N2O4/c1-2-3-11(12(17)18)14-13(19)15-8-4-5-9(15)7-10(16)6-8/h2,8-11,16H,1,3-7H2,(H,14,19)(H,17,18). The van der Waals surface area contributed by atoms with Gasteiger partial charge in [-0.1, -0.05) is 6.08 Å². The highest BCUT2D eigenvalue weighted by Crippen LogP contribution is 2.35. The quantitative estimate of drug-likeness (QED) is 0.655. The van der Waals surface area contributed by atoms with Gasteiger partial charge in [0.1, 0.15) is 6.04 Å². The minimum Gasteiger partial charge on any atom is -0.480 e. The molecule has 3 unspecified atom stereocenters. The summed E-state index contributed by atoms with van der Waals surface area (Å²) in [7, 11) is 0. The number of fused-ring (bicyclic) bond motifs is 2. The van der Waals surface area contributed by atoms with Gasteiger partial charge < -0.3 is 20.4 Å². The minimum atomic E-state index is -1.06. The maximum atomic E-state index is 12.2. The van der Waals surface area contributed by atoms with Crippen LogP contribution >= 0.6 is 0 Å². The Morgan fingerprint density at radius 1 is 1.37 bits per heavy atom. The molecule has 0 radical (unpaired) electrons. The molecule has 0 aromatic carbocycles. The molecular formula is C13H20N2O4. The second-order valence-electron chi connectivity index (χ2n) is 5.28. The predicted octanol–water partition coefficient (Wildman–Crippen LogP) is 0.713. The lowest BCUT2D eigenvalue weighted by molar-refractivity contribution is -0.139. The summed E-state index contributed by atoms with van der Waals surface area (Å²) < 4.78 is 0. The van der Waals surface area contributed by atoms with Gasteiger partial charge in [0.15, 0.2) is 0 Å². The van der Waals surface area contributed by atoms with Gasteiger partial charge in [-0.25, -0.2) is 9.59 Å². The molecule has 6 nitrogen and oxygen atoms in total. The summed E-state index contributed by atoms with van der Waals surface area (Å²) in [5.74, 6) is -1.06. The minimum absolute atomic E-state index is 0.0342. The molecule has 106 valence electrons. The number of nitrogens with one attached hydrogen (secondary N) is 1. The first-order valence-corrected chi connectivity index (χ1v) is 6.63. The summed E-state index contributed by atoms with van der Waals surface area (Å²) in [5, 5.41) is 21.2. The van der Waals surface area contributed by atoms with E-state index in [-0.39, 0.29) is 30.6 Å². The number of piperidine rings is 1. The van der Waals surface area contributed by atoms with Gasteiger partial charge in [-0.15, -0.1) is 6.58 Å². The number of aliphatic hydroxyl groups excluding tert-OH is 1. The third-order valence-electron chi connectivity index (χ3n) is 3.94. The van der Waals surface area contributed by atoms with Gasteiger partial charge in [0.05, 0.1) is 6.10 Å². The van der Waals surface area contributed by atoms with Crippen molar-refractivity contribution >= 4 is 12.0 Å². The number of urea groups is 1. The first kappa shape index (κ1) is 13.9. The Balaban J connectivity index is 2.00. The van der Waals surface area contributed by atoms with Gasteiger partial charge >= 0.3 is 12.0 Å². The maximum absolute atomic E-state index is 12.2. The molecular weight excluding hydrogens is 248 g/mol. The van der Waals surface area contributed by atoms with Crippen LogP contribution in [0.3, 0.4) is 0 Å². The van der Waals surface area contributed by atoms with Gasteiger partial charge in [0, 0.05) is 12.1 Å². The van der Waals surface area contributed by atoms with Crippen molar-refractivity contribution < 1.29 is 19.8 Å².